The minimum atomic E-state index is -0.0425. The molecule has 0 spiro atoms. The second kappa shape index (κ2) is 6.05. The summed E-state index contributed by atoms with van der Waals surface area (Å²) in [5.41, 5.74) is 3.09. The van der Waals surface area contributed by atoms with Gasteiger partial charge in [0.25, 0.3) is 0 Å². The summed E-state index contributed by atoms with van der Waals surface area (Å²) in [6.45, 7) is 7.56. The molecule has 1 heterocycles. The number of aromatic nitrogens is 3. The maximum atomic E-state index is 5.20. The van der Waals surface area contributed by atoms with E-state index in [0.717, 1.165) is 16.9 Å². The predicted molar refractivity (Wildman–Crippen MR) is 79.5 cm³/mol. The van der Waals surface area contributed by atoms with Gasteiger partial charge in [0.05, 0.1) is 24.9 Å². The highest BCUT2D eigenvalue weighted by Gasteiger charge is 2.14. The number of nitrogens with one attached hydrogen (secondary N) is 1. The third-order valence-electron chi connectivity index (χ3n) is 3.01. The van der Waals surface area contributed by atoms with Gasteiger partial charge in [-0.2, -0.15) is 0 Å². The molecule has 0 fully saturated rings. The van der Waals surface area contributed by atoms with E-state index in [1.165, 1.54) is 0 Å². The standard InChI is InChI=1S/C15H22N4O/c1-15(2,3)19-10-13(17-18-19)9-16-14-8-6-5-7-12(14)11-20-4/h5-8,10,16H,9,11H2,1-4H3. The van der Waals surface area contributed by atoms with Crippen LogP contribution >= 0.6 is 0 Å². The summed E-state index contributed by atoms with van der Waals surface area (Å²) in [6, 6.07) is 8.11. The highest BCUT2D eigenvalue weighted by atomic mass is 16.5. The van der Waals surface area contributed by atoms with Crippen LogP contribution in [0.15, 0.2) is 30.5 Å². The van der Waals surface area contributed by atoms with E-state index in [0.29, 0.717) is 13.2 Å². The van der Waals surface area contributed by atoms with Gasteiger partial charge >= 0.3 is 0 Å². The fraction of sp³-hybridized carbons (Fsp3) is 0.467. The van der Waals surface area contributed by atoms with Gasteiger partial charge in [0.2, 0.25) is 0 Å². The average molecular weight is 274 g/mol. The van der Waals surface area contributed by atoms with Crippen molar-refractivity contribution >= 4 is 5.69 Å². The molecule has 2 aromatic rings. The molecule has 0 amide bonds. The van der Waals surface area contributed by atoms with Crippen molar-refractivity contribution in [1.82, 2.24) is 15.0 Å². The lowest BCUT2D eigenvalue weighted by Gasteiger charge is -2.17. The number of ether oxygens (including phenoxy) is 1. The first kappa shape index (κ1) is 14.5. The van der Waals surface area contributed by atoms with Gasteiger partial charge in [-0.1, -0.05) is 23.4 Å². The third kappa shape index (κ3) is 3.57. The minimum Gasteiger partial charge on any atom is -0.380 e. The number of benzene rings is 1. The summed E-state index contributed by atoms with van der Waals surface area (Å²) >= 11 is 0. The lowest BCUT2D eigenvalue weighted by molar-refractivity contribution is 0.185. The molecule has 0 atom stereocenters. The highest BCUT2D eigenvalue weighted by molar-refractivity contribution is 5.50. The molecule has 0 bridgehead atoms. The fourth-order valence-electron chi connectivity index (χ4n) is 1.87. The van der Waals surface area contributed by atoms with Crippen LogP contribution < -0.4 is 5.32 Å². The van der Waals surface area contributed by atoms with Gasteiger partial charge < -0.3 is 10.1 Å². The molecule has 1 aromatic heterocycles. The number of methoxy groups -OCH3 is 1. The molecule has 0 unspecified atom stereocenters. The number of hydrogen-bond donors (Lipinski definition) is 1. The van der Waals surface area contributed by atoms with Crippen molar-refractivity contribution in [1.29, 1.82) is 0 Å². The Morgan fingerprint density at radius 3 is 2.65 bits per heavy atom. The van der Waals surface area contributed by atoms with Gasteiger partial charge in [-0.15, -0.1) is 5.10 Å². The van der Waals surface area contributed by atoms with Gasteiger partial charge in [0, 0.05) is 18.4 Å². The van der Waals surface area contributed by atoms with Crippen LogP contribution in [-0.2, 0) is 23.4 Å². The molecular weight excluding hydrogens is 252 g/mol. The van der Waals surface area contributed by atoms with Crippen LogP contribution in [0, 0.1) is 0 Å². The molecule has 0 radical (unpaired) electrons. The van der Waals surface area contributed by atoms with Crippen molar-refractivity contribution in [2.75, 3.05) is 12.4 Å². The first-order chi connectivity index (χ1) is 9.50. The van der Waals surface area contributed by atoms with Crippen molar-refractivity contribution in [3.63, 3.8) is 0 Å². The van der Waals surface area contributed by atoms with Gasteiger partial charge in [-0.25, -0.2) is 4.68 Å². The van der Waals surface area contributed by atoms with Crippen LogP contribution in [-0.4, -0.2) is 22.1 Å². The molecule has 0 aliphatic carbocycles. The van der Waals surface area contributed by atoms with Crippen LogP contribution in [0.4, 0.5) is 5.69 Å². The van der Waals surface area contributed by atoms with E-state index in [4.69, 9.17) is 4.74 Å². The lowest BCUT2D eigenvalue weighted by Crippen LogP contribution is -2.22. The molecule has 0 saturated carbocycles. The largest absolute Gasteiger partial charge is 0.380 e. The van der Waals surface area contributed by atoms with Crippen molar-refractivity contribution < 1.29 is 4.74 Å². The van der Waals surface area contributed by atoms with Crippen molar-refractivity contribution in [2.24, 2.45) is 0 Å². The summed E-state index contributed by atoms with van der Waals surface area (Å²) < 4.78 is 7.08. The molecule has 0 saturated heterocycles. The van der Waals surface area contributed by atoms with E-state index < -0.39 is 0 Å². The molecule has 20 heavy (non-hydrogen) atoms. The Labute approximate surface area is 120 Å². The molecule has 1 N–H and O–H groups in total. The normalized spacial score (nSPS) is 11.6. The number of nitrogens with zero attached hydrogens (tertiary/aromatic N) is 3. The zero-order chi connectivity index (χ0) is 14.6. The Morgan fingerprint density at radius 1 is 1.25 bits per heavy atom. The van der Waals surface area contributed by atoms with E-state index in [2.05, 4.69) is 42.5 Å². The SMILES string of the molecule is COCc1ccccc1NCc1cn(C(C)(C)C)nn1. The lowest BCUT2D eigenvalue weighted by atomic mass is 10.1. The van der Waals surface area contributed by atoms with E-state index >= 15 is 0 Å². The first-order valence-corrected chi connectivity index (χ1v) is 6.73. The average Bonchev–Trinajstić information content (AvgIpc) is 2.87. The smallest absolute Gasteiger partial charge is 0.102 e. The van der Waals surface area contributed by atoms with Crippen LogP contribution in [0.2, 0.25) is 0 Å². The Morgan fingerprint density at radius 2 is 2.00 bits per heavy atom. The molecule has 5 heteroatoms. The number of anilines is 1. The molecule has 0 aliphatic heterocycles. The van der Waals surface area contributed by atoms with E-state index in [1.807, 2.05) is 29.1 Å². The summed E-state index contributed by atoms with van der Waals surface area (Å²) in [7, 11) is 1.70. The van der Waals surface area contributed by atoms with Gasteiger partial charge in [0.1, 0.15) is 5.69 Å². The summed E-state index contributed by atoms with van der Waals surface area (Å²) in [5, 5.41) is 11.7. The topological polar surface area (TPSA) is 52.0 Å². The Balaban J connectivity index is 2.04. The molecule has 1 aromatic carbocycles. The zero-order valence-electron chi connectivity index (χ0n) is 12.6. The molecule has 2 rings (SSSR count). The monoisotopic (exact) mass is 274 g/mol. The van der Waals surface area contributed by atoms with E-state index in [9.17, 15) is 0 Å². The highest BCUT2D eigenvalue weighted by Crippen LogP contribution is 2.17. The Bertz CT molecular complexity index is 557. The summed E-state index contributed by atoms with van der Waals surface area (Å²) in [6.07, 6.45) is 1.98. The van der Waals surface area contributed by atoms with Crippen molar-refractivity contribution in [3.8, 4) is 0 Å². The van der Waals surface area contributed by atoms with Gasteiger partial charge in [-0.3, -0.25) is 0 Å². The molecule has 108 valence electrons. The van der Waals surface area contributed by atoms with E-state index in [1.54, 1.807) is 7.11 Å². The van der Waals surface area contributed by atoms with Crippen molar-refractivity contribution in [2.45, 2.75) is 39.5 Å². The molecular formula is C15H22N4O. The Kier molecular flexibility index (Phi) is 4.39. The van der Waals surface area contributed by atoms with Crippen LogP contribution in [0.3, 0.4) is 0 Å². The maximum Gasteiger partial charge on any atom is 0.102 e. The summed E-state index contributed by atoms with van der Waals surface area (Å²) in [4.78, 5) is 0. The van der Waals surface area contributed by atoms with Crippen LogP contribution in [0.5, 0.6) is 0 Å². The van der Waals surface area contributed by atoms with Crippen LogP contribution in [0.25, 0.3) is 0 Å². The van der Waals surface area contributed by atoms with E-state index in [-0.39, 0.29) is 5.54 Å². The fourth-order valence-corrected chi connectivity index (χ4v) is 1.87. The number of rotatable bonds is 5. The zero-order valence-corrected chi connectivity index (χ0v) is 12.6. The first-order valence-electron chi connectivity index (χ1n) is 6.73. The minimum absolute atomic E-state index is 0.0425. The van der Waals surface area contributed by atoms with Gasteiger partial charge in [-0.05, 0) is 26.8 Å². The molecule has 0 aliphatic rings. The quantitative estimate of drug-likeness (QED) is 0.911. The predicted octanol–water partition coefficient (Wildman–Crippen LogP) is 2.79. The Hall–Kier alpha value is -1.88. The maximum absolute atomic E-state index is 5.20. The second-order valence-electron chi connectivity index (χ2n) is 5.77. The van der Waals surface area contributed by atoms with Crippen LogP contribution in [0.1, 0.15) is 32.0 Å². The number of hydrogen-bond acceptors (Lipinski definition) is 4. The molecule has 5 nitrogen and oxygen atoms in total. The number of para-hydroxylation sites is 1. The van der Waals surface area contributed by atoms with Crippen molar-refractivity contribution in [3.05, 3.63) is 41.7 Å². The van der Waals surface area contributed by atoms with Gasteiger partial charge in [0.15, 0.2) is 0 Å². The second-order valence-corrected chi connectivity index (χ2v) is 5.77. The third-order valence-corrected chi connectivity index (χ3v) is 3.01. The summed E-state index contributed by atoms with van der Waals surface area (Å²) in [5.74, 6) is 0.